The number of carbonyl (C=O) groups excluding carboxylic acids is 1. The smallest absolute Gasteiger partial charge is 0.251 e. The molecule has 6 heteroatoms. The van der Waals surface area contributed by atoms with Crippen molar-refractivity contribution in [2.45, 2.75) is 12.5 Å². The Morgan fingerprint density at radius 1 is 1.12 bits per heavy atom. The first-order chi connectivity index (χ1) is 11.5. The standard InChI is InChI=1S/C18H15Cl2NO3/c19-13-6-5-12(9-14(13)20)18(23)21-8-7-15(22)17-10-11-3-1-2-4-16(11)24-17/h1-6,9-10,15,22H,7-8H2,(H,21,23). The van der Waals surface area contributed by atoms with Gasteiger partial charge in [-0.2, -0.15) is 0 Å². The van der Waals surface area contributed by atoms with Crippen molar-refractivity contribution in [2.24, 2.45) is 0 Å². The van der Waals surface area contributed by atoms with Gasteiger partial charge in [0.25, 0.3) is 5.91 Å². The second kappa shape index (κ2) is 7.26. The minimum Gasteiger partial charge on any atom is -0.458 e. The Bertz CT molecular complexity index is 843. The number of hydrogen-bond donors (Lipinski definition) is 2. The van der Waals surface area contributed by atoms with Crippen molar-refractivity contribution in [3.63, 3.8) is 0 Å². The van der Waals surface area contributed by atoms with Crippen molar-refractivity contribution in [3.05, 3.63) is 69.9 Å². The number of nitrogens with one attached hydrogen (secondary N) is 1. The molecule has 1 amide bonds. The Labute approximate surface area is 149 Å². The highest BCUT2D eigenvalue weighted by Crippen LogP contribution is 2.25. The van der Waals surface area contributed by atoms with E-state index in [0.717, 1.165) is 11.0 Å². The monoisotopic (exact) mass is 363 g/mol. The van der Waals surface area contributed by atoms with Crippen LogP contribution in [0.5, 0.6) is 0 Å². The fraction of sp³-hybridized carbons (Fsp3) is 0.167. The minimum atomic E-state index is -0.786. The van der Waals surface area contributed by atoms with Gasteiger partial charge in [0, 0.05) is 17.5 Å². The highest BCUT2D eigenvalue weighted by Gasteiger charge is 2.14. The first-order valence-corrected chi connectivity index (χ1v) is 8.20. The predicted octanol–water partition coefficient (Wildman–Crippen LogP) is 4.59. The molecular formula is C18H15Cl2NO3. The van der Waals surface area contributed by atoms with Crippen LogP contribution in [0.3, 0.4) is 0 Å². The van der Waals surface area contributed by atoms with E-state index in [1.807, 2.05) is 24.3 Å². The fourth-order valence-corrected chi connectivity index (χ4v) is 2.67. The summed E-state index contributed by atoms with van der Waals surface area (Å²) in [6, 6.07) is 14.0. The third-order valence-corrected chi connectivity index (χ3v) is 4.40. The number of carbonyl (C=O) groups is 1. The van der Waals surface area contributed by atoms with E-state index in [0.29, 0.717) is 34.3 Å². The van der Waals surface area contributed by atoms with E-state index in [1.165, 1.54) is 6.07 Å². The lowest BCUT2D eigenvalue weighted by Crippen LogP contribution is -2.25. The lowest BCUT2D eigenvalue weighted by atomic mass is 10.1. The molecule has 3 aromatic rings. The van der Waals surface area contributed by atoms with Crippen molar-refractivity contribution in [1.29, 1.82) is 0 Å². The molecule has 0 radical (unpaired) electrons. The number of rotatable bonds is 5. The SMILES string of the molecule is O=C(NCCC(O)c1cc2ccccc2o1)c1ccc(Cl)c(Cl)c1. The van der Waals surface area contributed by atoms with Crippen molar-refractivity contribution >= 4 is 40.1 Å². The molecule has 0 spiro atoms. The molecule has 0 saturated carbocycles. The molecule has 3 rings (SSSR count). The van der Waals surface area contributed by atoms with Gasteiger partial charge in [-0.05, 0) is 36.8 Å². The molecule has 0 saturated heterocycles. The predicted molar refractivity (Wildman–Crippen MR) is 94.6 cm³/mol. The van der Waals surface area contributed by atoms with Gasteiger partial charge < -0.3 is 14.8 Å². The summed E-state index contributed by atoms with van der Waals surface area (Å²) < 4.78 is 5.61. The van der Waals surface area contributed by atoms with Crippen LogP contribution in [-0.4, -0.2) is 17.6 Å². The Morgan fingerprint density at radius 3 is 2.67 bits per heavy atom. The van der Waals surface area contributed by atoms with Gasteiger partial charge in [0.1, 0.15) is 17.4 Å². The summed E-state index contributed by atoms with van der Waals surface area (Å²) in [5.41, 5.74) is 1.15. The van der Waals surface area contributed by atoms with Gasteiger partial charge in [0.05, 0.1) is 10.0 Å². The molecule has 1 aromatic heterocycles. The van der Waals surface area contributed by atoms with E-state index in [4.69, 9.17) is 27.6 Å². The number of hydrogen-bond acceptors (Lipinski definition) is 3. The number of aliphatic hydroxyl groups excluding tert-OH is 1. The molecule has 124 valence electrons. The van der Waals surface area contributed by atoms with Crippen molar-refractivity contribution < 1.29 is 14.3 Å². The van der Waals surface area contributed by atoms with Gasteiger partial charge >= 0.3 is 0 Å². The van der Waals surface area contributed by atoms with Crippen LogP contribution in [0.4, 0.5) is 0 Å². The summed E-state index contributed by atoms with van der Waals surface area (Å²) in [6.45, 7) is 0.303. The molecule has 24 heavy (non-hydrogen) atoms. The van der Waals surface area contributed by atoms with Crippen LogP contribution >= 0.6 is 23.2 Å². The number of para-hydroxylation sites is 1. The van der Waals surface area contributed by atoms with E-state index in [-0.39, 0.29) is 5.91 Å². The maximum absolute atomic E-state index is 12.0. The van der Waals surface area contributed by atoms with Crippen LogP contribution in [0.15, 0.2) is 52.9 Å². The number of furan rings is 1. The molecule has 0 bridgehead atoms. The topological polar surface area (TPSA) is 62.5 Å². The van der Waals surface area contributed by atoms with Gasteiger partial charge in [0.15, 0.2) is 0 Å². The lowest BCUT2D eigenvalue weighted by Gasteiger charge is -2.09. The second-order valence-electron chi connectivity index (χ2n) is 5.38. The number of amides is 1. The quantitative estimate of drug-likeness (QED) is 0.696. The van der Waals surface area contributed by atoms with Gasteiger partial charge in [-0.25, -0.2) is 0 Å². The molecule has 4 nitrogen and oxygen atoms in total. The number of benzene rings is 2. The van der Waals surface area contributed by atoms with Crippen molar-refractivity contribution in [2.75, 3.05) is 6.54 Å². The molecule has 1 atom stereocenters. The van der Waals surface area contributed by atoms with Crippen molar-refractivity contribution in [1.82, 2.24) is 5.32 Å². The largest absolute Gasteiger partial charge is 0.458 e. The molecule has 0 aliphatic rings. The van der Waals surface area contributed by atoms with Crippen LogP contribution in [0.25, 0.3) is 11.0 Å². The zero-order valence-electron chi connectivity index (χ0n) is 12.6. The summed E-state index contributed by atoms with van der Waals surface area (Å²) in [5, 5.41) is 14.6. The third-order valence-electron chi connectivity index (χ3n) is 3.66. The molecular weight excluding hydrogens is 349 g/mol. The summed E-state index contributed by atoms with van der Waals surface area (Å²) in [5.74, 6) is 0.213. The van der Waals surface area contributed by atoms with Gasteiger partial charge in [-0.15, -0.1) is 0 Å². The summed E-state index contributed by atoms with van der Waals surface area (Å²) in [7, 11) is 0. The Balaban J connectivity index is 1.57. The molecule has 0 fully saturated rings. The first kappa shape index (κ1) is 16.8. The van der Waals surface area contributed by atoms with E-state index < -0.39 is 6.10 Å². The molecule has 0 aliphatic heterocycles. The number of halogens is 2. The van der Waals surface area contributed by atoms with E-state index in [9.17, 15) is 9.90 Å². The van der Waals surface area contributed by atoms with E-state index in [1.54, 1.807) is 18.2 Å². The highest BCUT2D eigenvalue weighted by atomic mass is 35.5. The Hall–Kier alpha value is -2.01. The average Bonchev–Trinajstić information content (AvgIpc) is 3.01. The maximum atomic E-state index is 12.0. The van der Waals surface area contributed by atoms with Crippen LogP contribution in [0, 0.1) is 0 Å². The maximum Gasteiger partial charge on any atom is 0.251 e. The Kier molecular flexibility index (Phi) is 5.09. The summed E-state index contributed by atoms with van der Waals surface area (Å²) in [6.07, 6.45) is -0.445. The van der Waals surface area contributed by atoms with Crippen molar-refractivity contribution in [3.8, 4) is 0 Å². The minimum absolute atomic E-state index is 0.273. The van der Waals surface area contributed by atoms with Gasteiger partial charge in [-0.1, -0.05) is 41.4 Å². The Morgan fingerprint density at radius 2 is 1.92 bits per heavy atom. The first-order valence-electron chi connectivity index (χ1n) is 7.44. The second-order valence-corrected chi connectivity index (χ2v) is 6.19. The number of fused-ring (bicyclic) bond motifs is 1. The van der Waals surface area contributed by atoms with Gasteiger partial charge in [0.2, 0.25) is 0 Å². The number of aliphatic hydroxyl groups is 1. The van der Waals surface area contributed by atoms with Crippen LogP contribution in [0.1, 0.15) is 28.6 Å². The molecule has 1 heterocycles. The van der Waals surface area contributed by atoms with E-state index >= 15 is 0 Å². The molecule has 1 unspecified atom stereocenters. The van der Waals surface area contributed by atoms with Crippen LogP contribution in [0.2, 0.25) is 10.0 Å². The molecule has 2 N–H and O–H groups in total. The summed E-state index contributed by atoms with van der Waals surface area (Å²) >= 11 is 11.7. The average molecular weight is 364 g/mol. The zero-order chi connectivity index (χ0) is 17.1. The van der Waals surface area contributed by atoms with E-state index in [2.05, 4.69) is 5.32 Å². The highest BCUT2D eigenvalue weighted by molar-refractivity contribution is 6.42. The van der Waals surface area contributed by atoms with Gasteiger partial charge in [-0.3, -0.25) is 4.79 Å². The molecule has 0 aliphatic carbocycles. The zero-order valence-corrected chi connectivity index (χ0v) is 14.1. The fourth-order valence-electron chi connectivity index (χ4n) is 2.37. The summed E-state index contributed by atoms with van der Waals surface area (Å²) in [4.78, 5) is 12.0. The molecule has 2 aromatic carbocycles. The van der Waals surface area contributed by atoms with Crippen LogP contribution < -0.4 is 5.32 Å². The van der Waals surface area contributed by atoms with Crippen LogP contribution in [-0.2, 0) is 0 Å². The normalized spacial score (nSPS) is 12.3. The lowest BCUT2D eigenvalue weighted by molar-refractivity contribution is 0.0936. The third kappa shape index (κ3) is 3.73.